The number of aryl methyl sites for hydroxylation is 1. The summed E-state index contributed by atoms with van der Waals surface area (Å²) in [5.41, 5.74) is 2.34. The minimum Gasteiger partial charge on any atom is -0.507 e. The molecule has 3 aromatic rings. The SMILES string of the molecule is Oc1cccc2c1c1ccccc1n2CCCCCBr. The van der Waals surface area contributed by atoms with E-state index in [1.807, 2.05) is 12.1 Å². The van der Waals surface area contributed by atoms with E-state index in [0.29, 0.717) is 5.75 Å². The first-order chi connectivity index (χ1) is 9.83. The predicted molar refractivity (Wildman–Crippen MR) is 88.8 cm³/mol. The second-order valence-corrected chi connectivity index (χ2v) is 5.88. The zero-order valence-corrected chi connectivity index (χ0v) is 12.9. The first-order valence-corrected chi connectivity index (χ1v) is 8.20. The van der Waals surface area contributed by atoms with Gasteiger partial charge in [-0.05, 0) is 31.0 Å². The molecular formula is C17H18BrNO. The molecule has 0 fully saturated rings. The molecule has 0 saturated heterocycles. The molecule has 2 aromatic carbocycles. The van der Waals surface area contributed by atoms with Crippen LogP contribution in [0, 0.1) is 0 Å². The van der Waals surface area contributed by atoms with Crippen LogP contribution < -0.4 is 0 Å². The first-order valence-electron chi connectivity index (χ1n) is 7.08. The van der Waals surface area contributed by atoms with Crippen molar-refractivity contribution < 1.29 is 5.11 Å². The lowest BCUT2D eigenvalue weighted by atomic mass is 10.1. The molecule has 104 valence electrons. The minimum atomic E-state index is 0.373. The van der Waals surface area contributed by atoms with Crippen LogP contribution in [0.5, 0.6) is 5.75 Å². The third-order valence-electron chi connectivity index (χ3n) is 3.79. The molecule has 0 bridgehead atoms. The Kier molecular flexibility index (Phi) is 3.97. The number of rotatable bonds is 5. The van der Waals surface area contributed by atoms with Crippen LogP contribution in [0.25, 0.3) is 21.8 Å². The van der Waals surface area contributed by atoms with Crippen molar-refractivity contribution in [2.75, 3.05) is 5.33 Å². The van der Waals surface area contributed by atoms with Gasteiger partial charge in [-0.25, -0.2) is 0 Å². The summed E-state index contributed by atoms with van der Waals surface area (Å²) in [6.45, 7) is 1.00. The van der Waals surface area contributed by atoms with Crippen LogP contribution in [-0.2, 0) is 6.54 Å². The smallest absolute Gasteiger partial charge is 0.125 e. The number of aromatic nitrogens is 1. The largest absolute Gasteiger partial charge is 0.507 e. The fourth-order valence-corrected chi connectivity index (χ4v) is 3.26. The summed E-state index contributed by atoms with van der Waals surface area (Å²) in [6.07, 6.45) is 3.59. The number of halogens is 1. The van der Waals surface area contributed by atoms with Crippen LogP contribution in [-0.4, -0.2) is 15.0 Å². The van der Waals surface area contributed by atoms with Gasteiger partial charge in [0, 0.05) is 28.2 Å². The molecule has 1 aromatic heterocycles. The summed E-state index contributed by atoms with van der Waals surface area (Å²) in [4.78, 5) is 0. The molecule has 3 heteroatoms. The summed E-state index contributed by atoms with van der Waals surface area (Å²) < 4.78 is 2.33. The Labute approximate surface area is 127 Å². The maximum absolute atomic E-state index is 10.2. The summed E-state index contributed by atoms with van der Waals surface area (Å²) in [6, 6.07) is 14.1. The maximum atomic E-state index is 10.2. The standard InChI is InChI=1S/C17H18BrNO/c18-11-4-1-5-12-19-14-8-3-2-7-13(14)17-15(19)9-6-10-16(17)20/h2-3,6-10,20H,1,4-5,11-12H2. The number of hydrogen-bond acceptors (Lipinski definition) is 1. The Morgan fingerprint density at radius 3 is 2.55 bits per heavy atom. The van der Waals surface area contributed by atoms with Gasteiger partial charge in [0.1, 0.15) is 5.75 Å². The topological polar surface area (TPSA) is 25.2 Å². The molecule has 0 aliphatic carbocycles. The zero-order valence-electron chi connectivity index (χ0n) is 11.3. The Morgan fingerprint density at radius 2 is 1.70 bits per heavy atom. The van der Waals surface area contributed by atoms with Gasteiger partial charge in [-0.3, -0.25) is 0 Å². The number of phenols is 1. The number of benzene rings is 2. The molecule has 3 rings (SSSR count). The highest BCUT2D eigenvalue weighted by Crippen LogP contribution is 2.34. The quantitative estimate of drug-likeness (QED) is 0.512. The van der Waals surface area contributed by atoms with Gasteiger partial charge < -0.3 is 9.67 Å². The van der Waals surface area contributed by atoms with Crippen molar-refractivity contribution in [3.05, 3.63) is 42.5 Å². The zero-order chi connectivity index (χ0) is 13.9. The number of alkyl halides is 1. The van der Waals surface area contributed by atoms with Crippen molar-refractivity contribution in [3.8, 4) is 5.75 Å². The van der Waals surface area contributed by atoms with E-state index in [2.05, 4.69) is 44.8 Å². The van der Waals surface area contributed by atoms with Gasteiger partial charge in [0.15, 0.2) is 0 Å². The average Bonchev–Trinajstić information content (AvgIpc) is 2.79. The van der Waals surface area contributed by atoms with Crippen molar-refractivity contribution in [3.63, 3.8) is 0 Å². The predicted octanol–water partition coefficient (Wildman–Crippen LogP) is 5.07. The summed E-state index contributed by atoms with van der Waals surface area (Å²) in [5.74, 6) is 0.373. The van der Waals surface area contributed by atoms with Gasteiger partial charge in [0.25, 0.3) is 0 Å². The molecular weight excluding hydrogens is 314 g/mol. The number of para-hydroxylation sites is 1. The van der Waals surface area contributed by atoms with E-state index in [1.165, 1.54) is 18.4 Å². The fourth-order valence-electron chi connectivity index (χ4n) is 2.86. The van der Waals surface area contributed by atoms with Crippen LogP contribution in [0.4, 0.5) is 0 Å². The molecule has 0 aliphatic heterocycles. The van der Waals surface area contributed by atoms with Crippen LogP contribution in [0.3, 0.4) is 0 Å². The summed E-state index contributed by atoms with van der Waals surface area (Å²) in [5, 5.41) is 13.4. The molecule has 0 radical (unpaired) electrons. The van der Waals surface area contributed by atoms with Crippen LogP contribution in [0.2, 0.25) is 0 Å². The number of fused-ring (bicyclic) bond motifs is 3. The number of nitrogens with zero attached hydrogens (tertiary/aromatic N) is 1. The lowest BCUT2D eigenvalue weighted by molar-refractivity contribution is 0.482. The van der Waals surface area contributed by atoms with Crippen molar-refractivity contribution in [1.82, 2.24) is 4.57 Å². The van der Waals surface area contributed by atoms with Gasteiger partial charge in [0.2, 0.25) is 0 Å². The monoisotopic (exact) mass is 331 g/mol. The summed E-state index contributed by atoms with van der Waals surface area (Å²) >= 11 is 3.48. The second-order valence-electron chi connectivity index (χ2n) is 5.09. The number of aromatic hydroxyl groups is 1. The Morgan fingerprint density at radius 1 is 0.900 bits per heavy atom. The average molecular weight is 332 g/mol. The second kappa shape index (κ2) is 5.88. The molecule has 1 N–H and O–H groups in total. The minimum absolute atomic E-state index is 0.373. The van der Waals surface area contributed by atoms with E-state index in [1.54, 1.807) is 6.07 Å². The van der Waals surface area contributed by atoms with Crippen molar-refractivity contribution >= 4 is 37.7 Å². The molecule has 0 aliphatic rings. The lowest BCUT2D eigenvalue weighted by Gasteiger charge is -2.07. The normalized spacial score (nSPS) is 11.4. The lowest BCUT2D eigenvalue weighted by Crippen LogP contribution is -1.97. The maximum Gasteiger partial charge on any atom is 0.125 e. The summed E-state index contributed by atoms with van der Waals surface area (Å²) in [7, 11) is 0. The van der Waals surface area contributed by atoms with E-state index in [4.69, 9.17) is 0 Å². The first kappa shape index (κ1) is 13.5. The Bertz CT molecular complexity index is 732. The number of hydrogen-bond donors (Lipinski definition) is 1. The molecule has 0 atom stereocenters. The van der Waals surface area contributed by atoms with Gasteiger partial charge in [-0.15, -0.1) is 0 Å². The third-order valence-corrected chi connectivity index (χ3v) is 4.35. The molecule has 0 spiro atoms. The number of phenolic OH excluding ortho intramolecular Hbond substituents is 1. The molecule has 1 heterocycles. The molecule has 20 heavy (non-hydrogen) atoms. The van der Waals surface area contributed by atoms with E-state index in [9.17, 15) is 5.11 Å². The fraction of sp³-hybridized carbons (Fsp3) is 0.294. The van der Waals surface area contributed by atoms with Gasteiger partial charge in [-0.1, -0.05) is 46.6 Å². The van der Waals surface area contributed by atoms with Crippen LogP contribution in [0.1, 0.15) is 19.3 Å². The number of unbranched alkanes of at least 4 members (excludes halogenated alkanes) is 2. The molecule has 0 unspecified atom stereocenters. The highest BCUT2D eigenvalue weighted by molar-refractivity contribution is 9.09. The van der Waals surface area contributed by atoms with Gasteiger partial charge in [0.05, 0.1) is 5.52 Å². The molecule has 0 amide bonds. The van der Waals surface area contributed by atoms with Gasteiger partial charge in [-0.2, -0.15) is 0 Å². The molecule has 0 saturated carbocycles. The van der Waals surface area contributed by atoms with Crippen molar-refractivity contribution in [2.24, 2.45) is 0 Å². The van der Waals surface area contributed by atoms with E-state index in [-0.39, 0.29) is 0 Å². The highest BCUT2D eigenvalue weighted by atomic mass is 79.9. The van der Waals surface area contributed by atoms with E-state index < -0.39 is 0 Å². The van der Waals surface area contributed by atoms with Crippen LogP contribution in [0.15, 0.2) is 42.5 Å². The highest BCUT2D eigenvalue weighted by Gasteiger charge is 2.12. The van der Waals surface area contributed by atoms with Gasteiger partial charge >= 0.3 is 0 Å². The van der Waals surface area contributed by atoms with Crippen LogP contribution >= 0.6 is 15.9 Å². The Balaban J connectivity index is 2.10. The Hall–Kier alpha value is -1.48. The van der Waals surface area contributed by atoms with Crippen molar-refractivity contribution in [1.29, 1.82) is 0 Å². The van der Waals surface area contributed by atoms with E-state index in [0.717, 1.165) is 34.6 Å². The van der Waals surface area contributed by atoms with Crippen molar-refractivity contribution in [2.45, 2.75) is 25.8 Å². The third kappa shape index (κ3) is 2.31. The van der Waals surface area contributed by atoms with E-state index >= 15 is 0 Å². The molecule has 2 nitrogen and oxygen atoms in total.